The molecule has 1 fully saturated rings. The van der Waals surface area contributed by atoms with E-state index in [9.17, 15) is 4.79 Å². The van der Waals surface area contributed by atoms with Crippen LogP contribution in [0.15, 0.2) is 18.2 Å². The molecule has 0 aliphatic carbocycles. The quantitative estimate of drug-likeness (QED) is 0.867. The summed E-state index contributed by atoms with van der Waals surface area (Å²) in [6.07, 6.45) is 1.90. The van der Waals surface area contributed by atoms with E-state index in [0.717, 1.165) is 25.1 Å². The highest BCUT2D eigenvalue weighted by molar-refractivity contribution is 5.77. The maximum absolute atomic E-state index is 11.4. The molecule has 0 spiro atoms. The van der Waals surface area contributed by atoms with Crippen molar-refractivity contribution in [1.82, 2.24) is 0 Å². The summed E-state index contributed by atoms with van der Waals surface area (Å²) < 4.78 is 0. The van der Waals surface area contributed by atoms with Crippen molar-refractivity contribution in [1.29, 1.82) is 0 Å². The van der Waals surface area contributed by atoms with Crippen molar-refractivity contribution in [2.75, 3.05) is 11.4 Å². The van der Waals surface area contributed by atoms with Gasteiger partial charge in [0.05, 0.1) is 5.92 Å². The zero-order chi connectivity index (χ0) is 14.0. The normalized spacial score (nSPS) is 23.4. The van der Waals surface area contributed by atoms with Crippen LogP contribution in [0.2, 0.25) is 0 Å². The number of aryl methyl sites for hydroxylation is 1. The average Bonchev–Trinajstić information content (AvgIpc) is 2.38. The average molecular weight is 261 g/mol. The van der Waals surface area contributed by atoms with Gasteiger partial charge in [-0.05, 0) is 49.9 Å². The van der Waals surface area contributed by atoms with Gasteiger partial charge in [0, 0.05) is 24.8 Å². The number of rotatable bonds is 3. The Kier molecular flexibility index (Phi) is 4.10. The molecule has 4 heteroatoms. The first kappa shape index (κ1) is 13.9. The van der Waals surface area contributed by atoms with Crippen LogP contribution < -0.4 is 16.4 Å². The van der Waals surface area contributed by atoms with Crippen molar-refractivity contribution in [2.45, 2.75) is 39.3 Å². The van der Waals surface area contributed by atoms with E-state index in [1.165, 1.54) is 11.1 Å². The van der Waals surface area contributed by atoms with Crippen molar-refractivity contribution >= 4 is 11.6 Å². The molecule has 0 aromatic heterocycles. The maximum atomic E-state index is 11.4. The summed E-state index contributed by atoms with van der Waals surface area (Å²) in [6, 6.07) is 6.77. The Morgan fingerprint density at radius 2 is 2.16 bits per heavy atom. The molecule has 0 radical (unpaired) electrons. The lowest BCUT2D eigenvalue weighted by Crippen LogP contribution is -2.45. The van der Waals surface area contributed by atoms with Gasteiger partial charge in [-0.15, -0.1) is 0 Å². The first-order valence-corrected chi connectivity index (χ1v) is 6.88. The first-order valence-electron chi connectivity index (χ1n) is 6.88. The van der Waals surface area contributed by atoms with Gasteiger partial charge in [-0.2, -0.15) is 0 Å². The third-order valence-corrected chi connectivity index (χ3v) is 4.16. The smallest absolute Gasteiger partial charge is 0.222 e. The minimum atomic E-state index is -0.188. The number of hydrogen-bond acceptors (Lipinski definition) is 3. The Bertz CT molecular complexity index is 472. The van der Waals surface area contributed by atoms with E-state index in [-0.39, 0.29) is 11.8 Å². The molecule has 4 nitrogen and oxygen atoms in total. The van der Waals surface area contributed by atoms with Crippen LogP contribution in [-0.2, 0) is 11.3 Å². The van der Waals surface area contributed by atoms with Gasteiger partial charge in [-0.25, -0.2) is 0 Å². The van der Waals surface area contributed by atoms with E-state index >= 15 is 0 Å². The number of hydrogen-bond donors (Lipinski definition) is 2. The number of nitrogens with zero attached hydrogens (tertiary/aromatic N) is 1. The van der Waals surface area contributed by atoms with E-state index < -0.39 is 0 Å². The lowest BCUT2D eigenvalue weighted by atomic mass is 9.92. The molecule has 2 atom stereocenters. The Hall–Kier alpha value is -1.55. The zero-order valence-corrected chi connectivity index (χ0v) is 11.7. The molecule has 1 aromatic rings. The largest absolute Gasteiger partial charge is 0.369 e. The van der Waals surface area contributed by atoms with Crippen LogP contribution in [0.3, 0.4) is 0 Å². The third-order valence-electron chi connectivity index (χ3n) is 4.16. The summed E-state index contributed by atoms with van der Waals surface area (Å²) in [6.45, 7) is 5.55. The van der Waals surface area contributed by atoms with Gasteiger partial charge in [-0.3, -0.25) is 4.79 Å². The molecule has 1 aromatic carbocycles. The van der Waals surface area contributed by atoms with Crippen LogP contribution in [0.5, 0.6) is 0 Å². The fourth-order valence-corrected chi connectivity index (χ4v) is 2.79. The summed E-state index contributed by atoms with van der Waals surface area (Å²) in [4.78, 5) is 13.7. The maximum Gasteiger partial charge on any atom is 0.222 e. The van der Waals surface area contributed by atoms with Gasteiger partial charge in [0.1, 0.15) is 0 Å². The van der Waals surface area contributed by atoms with Gasteiger partial charge in [0.15, 0.2) is 0 Å². The van der Waals surface area contributed by atoms with Crippen molar-refractivity contribution in [3.05, 3.63) is 29.3 Å². The fourth-order valence-electron chi connectivity index (χ4n) is 2.79. The molecule has 1 aliphatic heterocycles. The predicted octanol–water partition coefficient (Wildman–Crippen LogP) is 1.54. The lowest BCUT2D eigenvalue weighted by Gasteiger charge is -2.39. The van der Waals surface area contributed by atoms with Gasteiger partial charge in [0.2, 0.25) is 5.91 Å². The van der Waals surface area contributed by atoms with E-state index in [0.29, 0.717) is 12.6 Å². The molecule has 1 aliphatic rings. The monoisotopic (exact) mass is 261 g/mol. The molecule has 1 saturated heterocycles. The van der Waals surface area contributed by atoms with Crippen molar-refractivity contribution in [2.24, 2.45) is 17.4 Å². The number of piperidine rings is 1. The van der Waals surface area contributed by atoms with E-state index in [1.807, 2.05) is 0 Å². The van der Waals surface area contributed by atoms with Crippen LogP contribution in [-0.4, -0.2) is 18.5 Å². The number of anilines is 1. The predicted molar refractivity (Wildman–Crippen MR) is 77.8 cm³/mol. The van der Waals surface area contributed by atoms with Crippen LogP contribution >= 0.6 is 0 Å². The SMILES string of the molecule is Cc1cc(N2CC(C(N)=O)CCC2C)ccc1CN. The van der Waals surface area contributed by atoms with Crippen LogP contribution in [0.25, 0.3) is 0 Å². The minimum Gasteiger partial charge on any atom is -0.369 e. The van der Waals surface area contributed by atoms with E-state index in [4.69, 9.17) is 11.5 Å². The third kappa shape index (κ3) is 2.89. The first-order chi connectivity index (χ1) is 9.02. The number of primary amides is 1. The number of benzene rings is 1. The Morgan fingerprint density at radius 3 is 2.74 bits per heavy atom. The lowest BCUT2D eigenvalue weighted by molar-refractivity contribution is -0.122. The molecule has 2 unspecified atom stereocenters. The highest BCUT2D eigenvalue weighted by Crippen LogP contribution is 2.28. The fraction of sp³-hybridized carbons (Fsp3) is 0.533. The Morgan fingerprint density at radius 1 is 1.42 bits per heavy atom. The molecule has 2 rings (SSSR count). The van der Waals surface area contributed by atoms with Gasteiger partial charge in [-0.1, -0.05) is 6.07 Å². The zero-order valence-electron chi connectivity index (χ0n) is 11.7. The second-order valence-corrected chi connectivity index (χ2v) is 5.49. The number of carbonyl (C=O) groups excluding carboxylic acids is 1. The topological polar surface area (TPSA) is 72.3 Å². The molecule has 1 heterocycles. The second-order valence-electron chi connectivity index (χ2n) is 5.49. The molecule has 0 saturated carbocycles. The Labute approximate surface area is 114 Å². The van der Waals surface area contributed by atoms with Crippen molar-refractivity contribution in [3.63, 3.8) is 0 Å². The van der Waals surface area contributed by atoms with E-state index in [1.54, 1.807) is 0 Å². The summed E-state index contributed by atoms with van der Waals surface area (Å²) in [5, 5.41) is 0. The number of amides is 1. The molecule has 19 heavy (non-hydrogen) atoms. The standard InChI is InChI=1S/C15H23N3O/c1-10-7-14(6-5-12(10)8-16)18-9-13(15(17)19)4-3-11(18)2/h5-7,11,13H,3-4,8-9,16H2,1-2H3,(H2,17,19). The highest BCUT2D eigenvalue weighted by Gasteiger charge is 2.28. The molecule has 104 valence electrons. The molecular formula is C15H23N3O. The van der Waals surface area contributed by atoms with Crippen LogP contribution in [0, 0.1) is 12.8 Å². The molecule has 0 bridgehead atoms. The molecular weight excluding hydrogens is 238 g/mol. The summed E-state index contributed by atoms with van der Waals surface area (Å²) in [5.74, 6) is -0.224. The molecule has 4 N–H and O–H groups in total. The summed E-state index contributed by atoms with van der Waals surface area (Å²) in [7, 11) is 0. The number of carbonyl (C=O) groups is 1. The Balaban J connectivity index is 2.23. The highest BCUT2D eigenvalue weighted by atomic mass is 16.1. The van der Waals surface area contributed by atoms with Gasteiger partial charge < -0.3 is 16.4 Å². The number of nitrogens with two attached hydrogens (primary N) is 2. The van der Waals surface area contributed by atoms with Gasteiger partial charge >= 0.3 is 0 Å². The minimum absolute atomic E-state index is 0.0364. The molecule has 1 amide bonds. The van der Waals surface area contributed by atoms with E-state index in [2.05, 4.69) is 36.9 Å². The van der Waals surface area contributed by atoms with Crippen LogP contribution in [0.1, 0.15) is 30.9 Å². The van der Waals surface area contributed by atoms with Crippen molar-refractivity contribution < 1.29 is 4.79 Å². The van der Waals surface area contributed by atoms with Gasteiger partial charge in [0.25, 0.3) is 0 Å². The van der Waals surface area contributed by atoms with Crippen LogP contribution in [0.4, 0.5) is 5.69 Å². The summed E-state index contributed by atoms with van der Waals surface area (Å²) in [5.41, 5.74) is 14.7. The summed E-state index contributed by atoms with van der Waals surface area (Å²) >= 11 is 0. The second kappa shape index (κ2) is 5.61. The van der Waals surface area contributed by atoms with Crippen molar-refractivity contribution in [3.8, 4) is 0 Å².